The van der Waals surface area contributed by atoms with Crippen LogP contribution in [0.3, 0.4) is 0 Å². The van der Waals surface area contributed by atoms with Crippen LogP contribution in [0.15, 0.2) is 17.0 Å². The van der Waals surface area contributed by atoms with Gasteiger partial charge >= 0.3 is 0 Å². The molecule has 1 N–H and O–H groups in total. The molecule has 0 amide bonds. The molecule has 0 saturated carbocycles. The van der Waals surface area contributed by atoms with Gasteiger partial charge < -0.3 is 14.2 Å². The summed E-state index contributed by atoms with van der Waals surface area (Å²) in [6, 6.07) is 1.66. The number of rotatable bonds is 6. The molecule has 2 atom stereocenters. The maximum atomic E-state index is 14.1. The Morgan fingerprint density at radius 1 is 1.32 bits per heavy atom. The molecular weight excluding hydrogens is 313 g/mol. The highest BCUT2D eigenvalue weighted by atomic mass is 32.2. The second-order valence-electron chi connectivity index (χ2n) is 5.10. The summed E-state index contributed by atoms with van der Waals surface area (Å²) in [6.07, 6.45) is 1.47. The third-order valence-electron chi connectivity index (χ3n) is 3.59. The minimum atomic E-state index is -4.03. The van der Waals surface area contributed by atoms with Gasteiger partial charge in [0.2, 0.25) is 10.0 Å². The van der Waals surface area contributed by atoms with E-state index in [4.69, 9.17) is 14.2 Å². The van der Waals surface area contributed by atoms with Crippen molar-refractivity contribution in [3.05, 3.63) is 17.9 Å². The predicted molar refractivity (Wildman–Crippen MR) is 78.3 cm³/mol. The lowest BCUT2D eigenvalue weighted by Crippen LogP contribution is -2.41. The first-order valence-electron chi connectivity index (χ1n) is 6.94. The van der Waals surface area contributed by atoms with Gasteiger partial charge in [-0.05, 0) is 19.8 Å². The molecular formula is C14H20FNO5S. The lowest BCUT2D eigenvalue weighted by atomic mass is 10.1. The van der Waals surface area contributed by atoms with Crippen LogP contribution in [-0.4, -0.2) is 41.4 Å². The Balaban J connectivity index is 2.28. The standard InChI is InChI=1S/C14H20FNO5S/c1-9(11-5-4-6-21-11)16-22(17,18)14-8-13(20-3)12(19-2)7-10(14)15/h7-9,11,16H,4-6H2,1-3H3/t9-,11+/m0/s1. The molecule has 1 aliphatic heterocycles. The molecule has 0 aliphatic carbocycles. The van der Waals surface area contributed by atoms with E-state index in [2.05, 4.69) is 4.72 Å². The highest BCUT2D eigenvalue weighted by molar-refractivity contribution is 7.89. The highest BCUT2D eigenvalue weighted by Gasteiger charge is 2.29. The summed E-state index contributed by atoms with van der Waals surface area (Å²) in [4.78, 5) is -0.477. The summed E-state index contributed by atoms with van der Waals surface area (Å²) in [5, 5.41) is 0. The first-order valence-corrected chi connectivity index (χ1v) is 8.43. The van der Waals surface area contributed by atoms with Crippen LogP contribution in [-0.2, 0) is 14.8 Å². The van der Waals surface area contributed by atoms with Gasteiger partial charge in [-0.25, -0.2) is 17.5 Å². The molecule has 1 saturated heterocycles. The molecule has 0 bridgehead atoms. The van der Waals surface area contributed by atoms with Crippen LogP contribution in [0.2, 0.25) is 0 Å². The first kappa shape index (κ1) is 17.0. The first-order chi connectivity index (χ1) is 10.4. The van der Waals surface area contributed by atoms with Crippen LogP contribution in [0.1, 0.15) is 19.8 Å². The summed E-state index contributed by atoms with van der Waals surface area (Å²) >= 11 is 0. The Bertz CT molecular complexity index is 628. The zero-order valence-electron chi connectivity index (χ0n) is 12.8. The summed E-state index contributed by atoms with van der Waals surface area (Å²) < 4.78 is 56.7. The maximum Gasteiger partial charge on any atom is 0.243 e. The van der Waals surface area contributed by atoms with Gasteiger partial charge in [0.1, 0.15) is 10.7 Å². The van der Waals surface area contributed by atoms with E-state index < -0.39 is 26.8 Å². The number of benzene rings is 1. The van der Waals surface area contributed by atoms with Crippen molar-refractivity contribution in [2.45, 2.75) is 36.8 Å². The Morgan fingerprint density at radius 3 is 2.50 bits per heavy atom. The van der Waals surface area contributed by atoms with E-state index >= 15 is 0 Å². The minimum Gasteiger partial charge on any atom is -0.493 e. The highest BCUT2D eigenvalue weighted by Crippen LogP contribution is 2.32. The van der Waals surface area contributed by atoms with E-state index in [1.165, 1.54) is 14.2 Å². The summed E-state index contributed by atoms with van der Waals surface area (Å²) in [5.74, 6) is -0.621. The Labute approximate surface area is 129 Å². The minimum absolute atomic E-state index is 0.131. The van der Waals surface area contributed by atoms with E-state index in [1.54, 1.807) is 6.92 Å². The molecule has 0 aromatic heterocycles. The van der Waals surface area contributed by atoms with Gasteiger partial charge in [-0.2, -0.15) is 0 Å². The van der Waals surface area contributed by atoms with Crippen molar-refractivity contribution in [2.75, 3.05) is 20.8 Å². The van der Waals surface area contributed by atoms with Gasteiger partial charge in [0, 0.05) is 24.8 Å². The topological polar surface area (TPSA) is 73.9 Å². The second kappa shape index (κ2) is 6.80. The molecule has 0 spiro atoms. The molecule has 8 heteroatoms. The van der Waals surface area contributed by atoms with Crippen LogP contribution in [0.25, 0.3) is 0 Å². The van der Waals surface area contributed by atoms with Crippen molar-refractivity contribution < 1.29 is 27.0 Å². The molecule has 22 heavy (non-hydrogen) atoms. The Hall–Kier alpha value is -1.38. The summed E-state index contributed by atoms with van der Waals surface area (Å²) in [5.41, 5.74) is 0. The van der Waals surface area contributed by atoms with Crippen LogP contribution in [0.4, 0.5) is 4.39 Å². The molecule has 1 heterocycles. The fourth-order valence-corrected chi connectivity index (χ4v) is 3.77. The van der Waals surface area contributed by atoms with Crippen molar-refractivity contribution >= 4 is 10.0 Å². The van der Waals surface area contributed by atoms with E-state index in [1.807, 2.05) is 0 Å². The zero-order valence-corrected chi connectivity index (χ0v) is 13.6. The average Bonchev–Trinajstić information content (AvgIpc) is 3.00. The maximum absolute atomic E-state index is 14.1. The van der Waals surface area contributed by atoms with E-state index in [0.717, 1.165) is 25.0 Å². The van der Waals surface area contributed by atoms with Gasteiger partial charge in [0.15, 0.2) is 11.5 Å². The molecule has 0 unspecified atom stereocenters. The largest absolute Gasteiger partial charge is 0.493 e. The number of hydrogen-bond acceptors (Lipinski definition) is 5. The van der Waals surface area contributed by atoms with Crippen molar-refractivity contribution in [3.8, 4) is 11.5 Å². The number of hydrogen-bond donors (Lipinski definition) is 1. The van der Waals surface area contributed by atoms with Gasteiger partial charge in [0.05, 0.1) is 20.3 Å². The molecule has 124 valence electrons. The van der Waals surface area contributed by atoms with Crippen molar-refractivity contribution in [3.63, 3.8) is 0 Å². The van der Waals surface area contributed by atoms with E-state index in [9.17, 15) is 12.8 Å². The number of halogens is 1. The zero-order chi connectivity index (χ0) is 16.3. The number of nitrogens with one attached hydrogen (secondary N) is 1. The molecule has 1 aromatic rings. The SMILES string of the molecule is COc1cc(F)c(S(=O)(=O)N[C@@H](C)[C@H]2CCCO2)cc1OC. The molecule has 2 rings (SSSR count). The van der Waals surface area contributed by atoms with Crippen LogP contribution < -0.4 is 14.2 Å². The smallest absolute Gasteiger partial charge is 0.243 e. The van der Waals surface area contributed by atoms with Crippen LogP contribution in [0.5, 0.6) is 11.5 Å². The van der Waals surface area contributed by atoms with Gasteiger partial charge in [0.25, 0.3) is 0 Å². The van der Waals surface area contributed by atoms with Crippen LogP contribution >= 0.6 is 0 Å². The molecule has 1 aliphatic rings. The summed E-state index contributed by atoms with van der Waals surface area (Å²) in [7, 11) is -1.32. The molecule has 1 aromatic carbocycles. The number of ether oxygens (including phenoxy) is 3. The normalized spacial score (nSPS) is 19.9. The summed E-state index contributed by atoms with van der Waals surface area (Å²) in [6.45, 7) is 2.31. The second-order valence-corrected chi connectivity index (χ2v) is 6.78. The fourth-order valence-electron chi connectivity index (χ4n) is 2.42. The number of sulfonamides is 1. The molecule has 0 radical (unpaired) electrons. The quantitative estimate of drug-likeness (QED) is 0.857. The third-order valence-corrected chi connectivity index (χ3v) is 5.17. The lowest BCUT2D eigenvalue weighted by Gasteiger charge is -2.20. The fraction of sp³-hybridized carbons (Fsp3) is 0.571. The Morgan fingerprint density at radius 2 is 1.95 bits per heavy atom. The van der Waals surface area contributed by atoms with Gasteiger partial charge in [-0.15, -0.1) is 0 Å². The van der Waals surface area contributed by atoms with Crippen molar-refractivity contribution in [2.24, 2.45) is 0 Å². The van der Waals surface area contributed by atoms with E-state index in [-0.39, 0.29) is 17.6 Å². The lowest BCUT2D eigenvalue weighted by molar-refractivity contribution is 0.0902. The number of methoxy groups -OCH3 is 2. The van der Waals surface area contributed by atoms with Crippen molar-refractivity contribution in [1.82, 2.24) is 4.72 Å². The van der Waals surface area contributed by atoms with Gasteiger partial charge in [-0.1, -0.05) is 0 Å². The van der Waals surface area contributed by atoms with E-state index in [0.29, 0.717) is 6.61 Å². The average molecular weight is 333 g/mol. The van der Waals surface area contributed by atoms with Gasteiger partial charge in [-0.3, -0.25) is 0 Å². The van der Waals surface area contributed by atoms with Crippen molar-refractivity contribution in [1.29, 1.82) is 0 Å². The molecule has 6 nitrogen and oxygen atoms in total. The van der Waals surface area contributed by atoms with Crippen LogP contribution in [0, 0.1) is 5.82 Å². The third kappa shape index (κ3) is 3.50. The predicted octanol–water partition coefficient (Wildman–Crippen LogP) is 1.69. The Kier molecular flexibility index (Phi) is 5.25. The molecule has 1 fully saturated rings. The monoisotopic (exact) mass is 333 g/mol.